The number of benzene rings is 2. The van der Waals surface area contributed by atoms with Crippen LogP contribution in [0.2, 0.25) is 0 Å². The van der Waals surface area contributed by atoms with Crippen LogP contribution in [0.15, 0.2) is 57.9 Å². The quantitative estimate of drug-likeness (QED) is 0.648. The van der Waals surface area contributed by atoms with Crippen LogP contribution in [0.25, 0.3) is 22.1 Å². The summed E-state index contributed by atoms with van der Waals surface area (Å²) in [5, 5.41) is 0.629. The van der Waals surface area contributed by atoms with Gasteiger partial charge < -0.3 is 9.15 Å². The molecule has 5 rings (SSSR count). The highest BCUT2D eigenvalue weighted by Crippen LogP contribution is 2.35. The van der Waals surface area contributed by atoms with Crippen molar-refractivity contribution in [3.05, 3.63) is 64.5 Å². The molecule has 0 amide bonds. The lowest BCUT2D eigenvalue weighted by Gasteiger charge is -2.37. The molecular weight excluding hydrogens is 338 g/mol. The van der Waals surface area contributed by atoms with Crippen molar-refractivity contribution in [2.75, 3.05) is 6.73 Å². The summed E-state index contributed by atoms with van der Waals surface area (Å²) in [5.74, 6) is 0.838. The van der Waals surface area contributed by atoms with Crippen LogP contribution in [0.3, 0.4) is 0 Å². The fourth-order valence-corrected chi connectivity index (χ4v) is 4.42. The molecular formula is C23H23NO3. The molecule has 2 aromatic carbocycles. The summed E-state index contributed by atoms with van der Waals surface area (Å²) in [6.45, 7) is 1.40. The van der Waals surface area contributed by atoms with Crippen molar-refractivity contribution in [2.24, 2.45) is 0 Å². The Labute approximate surface area is 158 Å². The van der Waals surface area contributed by atoms with Gasteiger partial charge in [0.05, 0.1) is 16.5 Å². The monoisotopic (exact) mass is 361 g/mol. The molecule has 0 bridgehead atoms. The molecule has 0 unspecified atom stereocenters. The van der Waals surface area contributed by atoms with Crippen molar-refractivity contribution in [2.45, 2.75) is 44.7 Å². The predicted molar refractivity (Wildman–Crippen MR) is 106 cm³/mol. The van der Waals surface area contributed by atoms with Gasteiger partial charge in [0.2, 0.25) is 5.43 Å². The smallest absolute Gasteiger partial charge is 0.200 e. The standard InChI is InChI=1S/C23H23NO3/c25-22-18-11-12-21-19(13-24(15-27-21)17-9-5-2-6-10-17)23(18)26-14-20(22)16-7-3-1-4-8-16/h1,3-4,7-8,11-12,14,17H,2,5-6,9-10,13,15H2. The van der Waals surface area contributed by atoms with Crippen molar-refractivity contribution < 1.29 is 9.15 Å². The number of hydrogen-bond donors (Lipinski definition) is 0. The Morgan fingerprint density at radius 2 is 1.78 bits per heavy atom. The minimum absolute atomic E-state index is 0.0139. The van der Waals surface area contributed by atoms with Gasteiger partial charge in [-0.1, -0.05) is 49.6 Å². The second-order valence-electron chi connectivity index (χ2n) is 7.58. The fourth-order valence-electron chi connectivity index (χ4n) is 4.42. The SMILES string of the molecule is O=c1c(-c2ccccc2)coc2c3c(ccc12)OCN(C1CCCCC1)C3. The first-order valence-electron chi connectivity index (χ1n) is 9.81. The third-order valence-corrected chi connectivity index (χ3v) is 5.92. The van der Waals surface area contributed by atoms with Crippen LogP contribution in [0.4, 0.5) is 0 Å². The molecule has 4 heteroatoms. The van der Waals surface area contributed by atoms with E-state index in [4.69, 9.17) is 9.15 Å². The molecule has 0 saturated heterocycles. The zero-order valence-electron chi connectivity index (χ0n) is 15.3. The van der Waals surface area contributed by atoms with E-state index in [9.17, 15) is 4.79 Å². The third-order valence-electron chi connectivity index (χ3n) is 5.92. The fraction of sp³-hybridized carbons (Fsp3) is 0.348. The van der Waals surface area contributed by atoms with E-state index in [0.717, 1.165) is 23.4 Å². The molecule has 138 valence electrons. The van der Waals surface area contributed by atoms with E-state index in [1.54, 1.807) is 6.26 Å². The maximum absolute atomic E-state index is 13.1. The zero-order valence-corrected chi connectivity index (χ0v) is 15.3. The summed E-state index contributed by atoms with van der Waals surface area (Å²) >= 11 is 0. The maximum Gasteiger partial charge on any atom is 0.200 e. The summed E-state index contributed by atoms with van der Waals surface area (Å²) in [5.41, 5.74) is 3.16. The van der Waals surface area contributed by atoms with E-state index < -0.39 is 0 Å². The van der Waals surface area contributed by atoms with Gasteiger partial charge in [-0.3, -0.25) is 9.69 Å². The largest absolute Gasteiger partial charge is 0.478 e. The molecule has 0 radical (unpaired) electrons. The molecule has 2 heterocycles. The lowest BCUT2D eigenvalue weighted by molar-refractivity contribution is 0.0406. The number of nitrogens with zero attached hydrogens (tertiary/aromatic N) is 1. The highest BCUT2D eigenvalue weighted by molar-refractivity contribution is 5.85. The van der Waals surface area contributed by atoms with E-state index in [1.807, 2.05) is 42.5 Å². The molecule has 1 saturated carbocycles. The van der Waals surface area contributed by atoms with Gasteiger partial charge in [0.15, 0.2) is 0 Å². The number of rotatable bonds is 2. The second kappa shape index (κ2) is 6.86. The Balaban J connectivity index is 1.56. The molecule has 0 N–H and O–H groups in total. The summed E-state index contributed by atoms with van der Waals surface area (Å²) in [4.78, 5) is 15.5. The Hall–Kier alpha value is -2.59. The van der Waals surface area contributed by atoms with Crippen LogP contribution in [0.1, 0.15) is 37.7 Å². The first-order valence-corrected chi connectivity index (χ1v) is 9.81. The molecule has 3 aromatic rings. The molecule has 1 fully saturated rings. The first-order chi connectivity index (χ1) is 13.3. The second-order valence-corrected chi connectivity index (χ2v) is 7.58. The van der Waals surface area contributed by atoms with Crippen molar-refractivity contribution >= 4 is 11.0 Å². The minimum Gasteiger partial charge on any atom is -0.478 e. The molecule has 4 nitrogen and oxygen atoms in total. The Kier molecular flexibility index (Phi) is 4.21. The van der Waals surface area contributed by atoms with Gasteiger partial charge in [-0.2, -0.15) is 0 Å². The van der Waals surface area contributed by atoms with Crippen LogP contribution in [-0.2, 0) is 6.54 Å². The Morgan fingerprint density at radius 3 is 2.59 bits per heavy atom. The van der Waals surface area contributed by atoms with Gasteiger partial charge in [-0.05, 0) is 30.5 Å². The molecule has 27 heavy (non-hydrogen) atoms. The first kappa shape index (κ1) is 16.6. The van der Waals surface area contributed by atoms with Crippen LogP contribution in [0, 0.1) is 0 Å². The number of fused-ring (bicyclic) bond motifs is 3. The summed E-state index contributed by atoms with van der Waals surface area (Å²) < 4.78 is 12.0. The Morgan fingerprint density at radius 1 is 0.963 bits per heavy atom. The molecule has 1 aromatic heterocycles. The summed E-state index contributed by atoms with van der Waals surface area (Å²) in [7, 11) is 0. The molecule has 1 aliphatic heterocycles. The van der Waals surface area contributed by atoms with Gasteiger partial charge in [-0.15, -0.1) is 0 Å². The van der Waals surface area contributed by atoms with Gasteiger partial charge >= 0.3 is 0 Å². The highest BCUT2D eigenvalue weighted by Gasteiger charge is 2.28. The average Bonchev–Trinajstić information content (AvgIpc) is 2.75. The van der Waals surface area contributed by atoms with Gasteiger partial charge in [0, 0.05) is 12.6 Å². The van der Waals surface area contributed by atoms with Crippen molar-refractivity contribution in [3.8, 4) is 16.9 Å². The average molecular weight is 361 g/mol. The van der Waals surface area contributed by atoms with Gasteiger partial charge in [0.1, 0.15) is 24.3 Å². The molecule has 2 aliphatic rings. The Bertz CT molecular complexity index is 1020. The van der Waals surface area contributed by atoms with E-state index in [1.165, 1.54) is 32.1 Å². The van der Waals surface area contributed by atoms with Crippen LogP contribution in [-0.4, -0.2) is 17.7 Å². The van der Waals surface area contributed by atoms with E-state index in [2.05, 4.69) is 4.90 Å². The number of hydrogen-bond acceptors (Lipinski definition) is 4. The van der Waals surface area contributed by atoms with Crippen LogP contribution >= 0.6 is 0 Å². The lowest BCUT2D eigenvalue weighted by Crippen LogP contribution is -2.41. The molecule has 0 spiro atoms. The van der Waals surface area contributed by atoms with E-state index >= 15 is 0 Å². The van der Waals surface area contributed by atoms with Crippen molar-refractivity contribution in [1.82, 2.24) is 4.90 Å². The van der Waals surface area contributed by atoms with Gasteiger partial charge in [0.25, 0.3) is 0 Å². The van der Waals surface area contributed by atoms with E-state index in [0.29, 0.717) is 29.3 Å². The normalized spacial score (nSPS) is 18.2. The molecule has 0 atom stereocenters. The van der Waals surface area contributed by atoms with Crippen molar-refractivity contribution in [3.63, 3.8) is 0 Å². The topological polar surface area (TPSA) is 42.7 Å². The van der Waals surface area contributed by atoms with Crippen molar-refractivity contribution in [1.29, 1.82) is 0 Å². The predicted octanol–water partition coefficient (Wildman–Crippen LogP) is 4.94. The maximum atomic E-state index is 13.1. The molecule has 1 aliphatic carbocycles. The summed E-state index contributed by atoms with van der Waals surface area (Å²) in [6.07, 6.45) is 7.97. The lowest BCUT2D eigenvalue weighted by atomic mass is 9.93. The van der Waals surface area contributed by atoms with Crippen LogP contribution < -0.4 is 10.2 Å². The van der Waals surface area contributed by atoms with Gasteiger partial charge in [-0.25, -0.2) is 0 Å². The third kappa shape index (κ3) is 2.94. The van der Waals surface area contributed by atoms with E-state index in [-0.39, 0.29) is 5.43 Å². The highest BCUT2D eigenvalue weighted by atomic mass is 16.5. The zero-order chi connectivity index (χ0) is 18.2. The summed E-state index contributed by atoms with van der Waals surface area (Å²) in [6, 6.07) is 14.0. The number of ether oxygens (including phenoxy) is 1. The van der Waals surface area contributed by atoms with Crippen LogP contribution in [0.5, 0.6) is 5.75 Å². The minimum atomic E-state index is 0.0139.